The van der Waals surface area contributed by atoms with Crippen LogP contribution in [0, 0.1) is 17.2 Å². The first-order valence-corrected chi connectivity index (χ1v) is 7.12. The lowest BCUT2D eigenvalue weighted by Crippen LogP contribution is -2.34. The van der Waals surface area contributed by atoms with Gasteiger partial charge in [-0.25, -0.2) is 0 Å². The Balaban J connectivity index is 2.11. The predicted octanol–water partition coefficient (Wildman–Crippen LogP) is 2.76. The lowest BCUT2D eigenvalue weighted by atomic mass is 9.97. The summed E-state index contributed by atoms with van der Waals surface area (Å²) in [6.45, 7) is 3.25. The van der Waals surface area contributed by atoms with Crippen LogP contribution in [0.2, 0.25) is 0 Å². The van der Waals surface area contributed by atoms with Gasteiger partial charge in [-0.3, -0.25) is 0 Å². The highest BCUT2D eigenvalue weighted by Crippen LogP contribution is 2.27. The molecule has 4 heteroatoms. The summed E-state index contributed by atoms with van der Waals surface area (Å²) in [5.74, 6) is 0.724. The highest BCUT2D eigenvalue weighted by Gasteiger charge is 2.17. The van der Waals surface area contributed by atoms with Crippen LogP contribution < -0.4 is 10.2 Å². The molecule has 0 radical (unpaired) electrons. The average molecular weight is 308 g/mol. The Kier molecular flexibility index (Phi) is 4.62. The summed E-state index contributed by atoms with van der Waals surface area (Å²) < 4.78 is 0.875. The van der Waals surface area contributed by atoms with Crippen molar-refractivity contribution in [2.75, 3.05) is 31.6 Å². The third-order valence-electron chi connectivity index (χ3n) is 3.51. The van der Waals surface area contributed by atoms with Gasteiger partial charge in [-0.05, 0) is 59.9 Å². The number of nitrogens with one attached hydrogen (secondary N) is 1. The van der Waals surface area contributed by atoms with E-state index in [2.05, 4.69) is 39.3 Å². The summed E-state index contributed by atoms with van der Waals surface area (Å²) in [5.41, 5.74) is 1.75. The molecule has 0 unspecified atom stereocenters. The molecule has 2 rings (SSSR count). The molecule has 1 N–H and O–H groups in total. The summed E-state index contributed by atoms with van der Waals surface area (Å²) in [6.07, 6.45) is 2.44. The summed E-state index contributed by atoms with van der Waals surface area (Å²) in [6, 6.07) is 8.20. The third kappa shape index (κ3) is 3.04. The van der Waals surface area contributed by atoms with E-state index >= 15 is 0 Å². The van der Waals surface area contributed by atoms with Crippen molar-refractivity contribution in [1.82, 2.24) is 5.32 Å². The normalized spacial score (nSPS) is 16.3. The Hall–Kier alpha value is -1.05. The summed E-state index contributed by atoms with van der Waals surface area (Å²) in [7, 11) is 2.07. The molecular weight excluding hydrogens is 290 g/mol. The highest BCUT2D eigenvalue weighted by atomic mass is 79.9. The molecular formula is C14H18BrN3. The standard InChI is InChI=1S/C14H18BrN3/c1-18(10-11-5-7-17-8-6-11)14-4-2-3-13(15)12(14)9-16/h2-4,11,17H,5-8,10H2,1H3. The van der Waals surface area contributed by atoms with Crippen molar-refractivity contribution in [3.05, 3.63) is 28.2 Å². The van der Waals surface area contributed by atoms with E-state index in [0.717, 1.165) is 41.3 Å². The second kappa shape index (κ2) is 6.21. The van der Waals surface area contributed by atoms with Gasteiger partial charge in [0.2, 0.25) is 0 Å². The second-order valence-corrected chi connectivity index (χ2v) is 5.67. The van der Waals surface area contributed by atoms with Crippen LogP contribution in [-0.2, 0) is 0 Å². The van der Waals surface area contributed by atoms with Crippen LogP contribution in [0.15, 0.2) is 22.7 Å². The largest absolute Gasteiger partial charge is 0.373 e. The van der Waals surface area contributed by atoms with E-state index in [0.29, 0.717) is 0 Å². The molecule has 0 bridgehead atoms. The van der Waals surface area contributed by atoms with Crippen molar-refractivity contribution in [2.45, 2.75) is 12.8 Å². The van der Waals surface area contributed by atoms with Gasteiger partial charge in [-0.2, -0.15) is 5.26 Å². The zero-order chi connectivity index (χ0) is 13.0. The molecule has 18 heavy (non-hydrogen) atoms. The van der Waals surface area contributed by atoms with Crippen LogP contribution in [0.25, 0.3) is 0 Å². The van der Waals surface area contributed by atoms with Crippen molar-refractivity contribution >= 4 is 21.6 Å². The van der Waals surface area contributed by atoms with E-state index in [1.54, 1.807) is 0 Å². The predicted molar refractivity (Wildman–Crippen MR) is 77.7 cm³/mol. The van der Waals surface area contributed by atoms with E-state index in [1.165, 1.54) is 12.8 Å². The van der Waals surface area contributed by atoms with Gasteiger partial charge in [0, 0.05) is 18.1 Å². The fraction of sp³-hybridized carbons (Fsp3) is 0.500. The topological polar surface area (TPSA) is 39.1 Å². The summed E-state index contributed by atoms with van der Waals surface area (Å²) >= 11 is 3.44. The zero-order valence-corrected chi connectivity index (χ0v) is 12.2. The minimum absolute atomic E-state index is 0.724. The van der Waals surface area contributed by atoms with Gasteiger partial charge in [-0.1, -0.05) is 6.07 Å². The van der Waals surface area contributed by atoms with Crippen LogP contribution in [-0.4, -0.2) is 26.7 Å². The molecule has 0 amide bonds. The number of halogens is 1. The molecule has 1 fully saturated rings. The zero-order valence-electron chi connectivity index (χ0n) is 10.6. The van der Waals surface area contributed by atoms with E-state index in [-0.39, 0.29) is 0 Å². The second-order valence-electron chi connectivity index (χ2n) is 4.82. The Morgan fingerprint density at radius 1 is 1.44 bits per heavy atom. The lowest BCUT2D eigenvalue weighted by Gasteiger charge is -2.29. The molecule has 1 saturated heterocycles. The molecule has 1 aromatic rings. The van der Waals surface area contributed by atoms with Gasteiger partial charge < -0.3 is 10.2 Å². The van der Waals surface area contributed by atoms with Gasteiger partial charge in [0.15, 0.2) is 0 Å². The highest BCUT2D eigenvalue weighted by molar-refractivity contribution is 9.10. The van der Waals surface area contributed by atoms with Crippen molar-refractivity contribution in [2.24, 2.45) is 5.92 Å². The SMILES string of the molecule is CN(CC1CCNCC1)c1cccc(Br)c1C#N. The van der Waals surface area contributed by atoms with Crippen LogP contribution in [0.3, 0.4) is 0 Å². The van der Waals surface area contributed by atoms with Crippen molar-refractivity contribution in [3.63, 3.8) is 0 Å². The van der Waals surface area contributed by atoms with E-state index in [9.17, 15) is 5.26 Å². The number of nitriles is 1. The van der Waals surface area contributed by atoms with Crippen molar-refractivity contribution in [1.29, 1.82) is 5.26 Å². The quantitative estimate of drug-likeness (QED) is 0.933. The first-order valence-electron chi connectivity index (χ1n) is 6.33. The minimum atomic E-state index is 0.724. The van der Waals surface area contributed by atoms with E-state index in [4.69, 9.17) is 0 Å². The fourth-order valence-electron chi connectivity index (χ4n) is 2.49. The van der Waals surface area contributed by atoms with E-state index < -0.39 is 0 Å². The summed E-state index contributed by atoms with van der Waals surface area (Å²) in [5, 5.41) is 12.6. The minimum Gasteiger partial charge on any atom is -0.373 e. The van der Waals surface area contributed by atoms with Crippen LogP contribution in [0.1, 0.15) is 18.4 Å². The van der Waals surface area contributed by atoms with E-state index in [1.807, 2.05) is 18.2 Å². The number of rotatable bonds is 3. The number of hydrogen-bond donors (Lipinski definition) is 1. The molecule has 0 aliphatic carbocycles. The first-order chi connectivity index (χ1) is 8.72. The molecule has 0 saturated carbocycles. The number of hydrogen-bond acceptors (Lipinski definition) is 3. The third-order valence-corrected chi connectivity index (χ3v) is 4.17. The average Bonchev–Trinajstić information content (AvgIpc) is 2.39. The monoisotopic (exact) mass is 307 g/mol. The maximum Gasteiger partial charge on any atom is 0.103 e. The molecule has 1 heterocycles. The Morgan fingerprint density at radius 3 is 2.83 bits per heavy atom. The van der Waals surface area contributed by atoms with Crippen LogP contribution in [0.5, 0.6) is 0 Å². The van der Waals surface area contributed by atoms with Crippen molar-refractivity contribution < 1.29 is 0 Å². The Morgan fingerprint density at radius 2 is 2.17 bits per heavy atom. The molecule has 0 aromatic heterocycles. The van der Waals surface area contributed by atoms with Gasteiger partial charge in [0.05, 0.1) is 11.3 Å². The number of benzene rings is 1. The molecule has 3 nitrogen and oxygen atoms in total. The molecule has 0 spiro atoms. The van der Waals surface area contributed by atoms with Crippen molar-refractivity contribution in [3.8, 4) is 6.07 Å². The van der Waals surface area contributed by atoms with Gasteiger partial charge >= 0.3 is 0 Å². The Labute approximate surface area is 117 Å². The first kappa shape index (κ1) is 13.4. The van der Waals surface area contributed by atoms with Gasteiger partial charge in [0.25, 0.3) is 0 Å². The maximum atomic E-state index is 9.24. The molecule has 1 aliphatic heterocycles. The molecule has 1 aliphatic rings. The fourth-order valence-corrected chi connectivity index (χ4v) is 2.94. The number of nitrogens with zero attached hydrogens (tertiary/aromatic N) is 2. The van der Waals surface area contributed by atoms with Gasteiger partial charge in [0.1, 0.15) is 6.07 Å². The molecule has 1 aromatic carbocycles. The van der Waals surface area contributed by atoms with Crippen LogP contribution in [0.4, 0.5) is 5.69 Å². The maximum absolute atomic E-state index is 9.24. The molecule has 0 atom stereocenters. The number of anilines is 1. The Bertz CT molecular complexity index is 447. The van der Waals surface area contributed by atoms with Gasteiger partial charge in [-0.15, -0.1) is 0 Å². The van der Waals surface area contributed by atoms with Crippen LogP contribution >= 0.6 is 15.9 Å². The number of piperidine rings is 1. The summed E-state index contributed by atoms with van der Waals surface area (Å²) in [4.78, 5) is 2.21. The molecule has 96 valence electrons. The lowest BCUT2D eigenvalue weighted by molar-refractivity contribution is 0.378. The smallest absolute Gasteiger partial charge is 0.103 e.